The van der Waals surface area contributed by atoms with Crippen molar-refractivity contribution >= 4 is 23.3 Å². The zero-order valence-corrected chi connectivity index (χ0v) is 13.8. The van der Waals surface area contributed by atoms with Crippen molar-refractivity contribution in [1.29, 1.82) is 0 Å². The molecule has 0 atom stereocenters. The second-order valence-electron chi connectivity index (χ2n) is 6.67. The van der Waals surface area contributed by atoms with Crippen LogP contribution in [0.15, 0.2) is 24.3 Å². The molecule has 1 aromatic rings. The van der Waals surface area contributed by atoms with Crippen LogP contribution in [0.2, 0.25) is 5.02 Å². The van der Waals surface area contributed by atoms with Crippen molar-refractivity contribution in [3.05, 3.63) is 29.3 Å². The lowest BCUT2D eigenvalue weighted by molar-refractivity contribution is 0.189. The molecule has 1 N–H and O–H groups in total. The molecule has 0 unspecified atom stereocenters. The number of carbonyl (C=O) groups excluding carboxylic acids is 1. The van der Waals surface area contributed by atoms with Gasteiger partial charge >= 0.3 is 6.03 Å². The molecule has 5 heteroatoms. The molecule has 4 nitrogen and oxygen atoms in total. The molecule has 1 saturated heterocycles. The predicted octanol–water partition coefficient (Wildman–Crippen LogP) is 3.22. The van der Waals surface area contributed by atoms with Crippen LogP contribution in [-0.4, -0.2) is 43.7 Å². The summed E-state index contributed by atoms with van der Waals surface area (Å²) in [5.74, 6) is 0. The fourth-order valence-electron chi connectivity index (χ4n) is 2.29. The number of urea groups is 1. The molecule has 1 aliphatic rings. The minimum Gasteiger partial charge on any atom is -0.368 e. The van der Waals surface area contributed by atoms with E-state index >= 15 is 0 Å². The lowest BCUT2D eigenvalue weighted by Crippen LogP contribution is -2.52. The highest BCUT2D eigenvalue weighted by molar-refractivity contribution is 6.30. The predicted molar refractivity (Wildman–Crippen MR) is 88.1 cm³/mol. The Morgan fingerprint density at radius 1 is 1.24 bits per heavy atom. The number of amides is 2. The first kappa shape index (κ1) is 16.0. The van der Waals surface area contributed by atoms with Gasteiger partial charge in [0.25, 0.3) is 0 Å². The molecule has 0 radical (unpaired) electrons. The quantitative estimate of drug-likeness (QED) is 0.910. The van der Waals surface area contributed by atoms with Crippen molar-refractivity contribution in [3.63, 3.8) is 0 Å². The van der Waals surface area contributed by atoms with E-state index in [0.717, 1.165) is 36.9 Å². The topological polar surface area (TPSA) is 35.6 Å². The number of benzene rings is 1. The lowest BCUT2D eigenvalue weighted by Gasteiger charge is -2.36. The zero-order valence-electron chi connectivity index (χ0n) is 13.0. The summed E-state index contributed by atoms with van der Waals surface area (Å²) < 4.78 is 0. The monoisotopic (exact) mass is 309 g/mol. The highest BCUT2D eigenvalue weighted by Crippen LogP contribution is 2.20. The molecule has 1 aliphatic heterocycles. The molecular formula is C16H24ClN3O. The van der Waals surface area contributed by atoms with Crippen LogP contribution < -0.4 is 10.2 Å². The fraction of sp³-hybridized carbons (Fsp3) is 0.562. The maximum atomic E-state index is 12.1. The average molecular weight is 310 g/mol. The van der Waals surface area contributed by atoms with Crippen LogP contribution in [0.4, 0.5) is 10.5 Å². The highest BCUT2D eigenvalue weighted by atomic mass is 35.5. The van der Waals surface area contributed by atoms with Gasteiger partial charge in [0.15, 0.2) is 0 Å². The van der Waals surface area contributed by atoms with Crippen LogP contribution in [0, 0.1) is 5.41 Å². The highest BCUT2D eigenvalue weighted by Gasteiger charge is 2.22. The summed E-state index contributed by atoms with van der Waals surface area (Å²) in [5.41, 5.74) is 1.23. The Balaban J connectivity index is 1.84. The molecular weight excluding hydrogens is 286 g/mol. The van der Waals surface area contributed by atoms with Gasteiger partial charge in [-0.3, -0.25) is 0 Å². The van der Waals surface area contributed by atoms with Crippen molar-refractivity contribution in [2.24, 2.45) is 5.41 Å². The number of carbonyl (C=O) groups is 1. The third-order valence-electron chi connectivity index (χ3n) is 3.51. The van der Waals surface area contributed by atoms with Crippen LogP contribution in [-0.2, 0) is 0 Å². The number of nitrogens with zero attached hydrogens (tertiary/aromatic N) is 2. The molecule has 0 aliphatic carbocycles. The molecule has 2 rings (SSSR count). The molecule has 21 heavy (non-hydrogen) atoms. The zero-order chi connectivity index (χ0) is 15.5. The fourth-order valence-corrected chi connectivity index (χ4v) is 2.48. The van der Waals surface area contributed by atoms with Gasteiger partial charge in [0, 0.05) is 43.4 Å². The number of anilines is 1. The molecule has 0 spiro atoms. The first-order chi connectivity index (χ1) is 9.85. The van der Waals surface area contributed by atoms with Crippen molar-refractivity contribution < 1.29 is 4.79 Å². The van der Waals surface area contributed by atoms with Gasteiger partial charge in [0.05, 0.1) is 0 Å². The van der Waals surface area contributed by atoms with Gasteiger partial charge in [-0.15, -0.1) is 0 Å². The molecule has 1 aromatic carbocycles. The minimum atomic E-state index is 0.0377. The molecule has 0 bridgehead atoms. The standard InChI is InChI=1S/C16H24ClN3O/c1-16(2,3)12-18-15(21)20-9-7-19(8-10-20)14-6-4-5-13(17)11-14/h4-6,11H,7-10,12H2,1-3H3,(H,18,21). The normalized spacial score (nSPS) is 16.0. The van der Waals surface area contributed by atoms with Gasteiger partial charge in [-0.05, 0) is 23.6 Å². The summed E-state index contributed by atoms with van der Waals surface area (Å²) in [7, 11) is 0. The van der Waals surface area contributed by atoms with Gasteiger partial charge in [0.2, 0.25) is 0 Å². The number of nitrogens with one attached hydrogen (secondary N) is 1. The average Bonchev–Trinajstić information content (AvgIpc) is 2.44. The Morgan fingerprint density at radius 3 is 2.48 bits per heavy atom. The summed E-state index contributed by atoms with van der Waals surface area (Å²) in [6.45, 7) is 10.2. The molecule has 2 amide bonds. The SMILES string of the molecule is CC(C)(C)CNC(=O)N1CCN(c2cccc(Cl)c2)CC1. The van der Waals surface area contributed by atoms with E-state index in [-0.39, 0.29) is 11.4 Å². The van der Waals surface area contributed by atoms with Crippen LogP contribution >= 0.6 is 11.6 Å². The maximum absolute atomic E-state index is 12.1. The van der Waals surface area contributed by atoms with E-state index < -0.39 is 0 Å². The van der Waals surface area contributed by atoms with Crippen LogP contribution in [0.25, 0.3) is 0 Å². The Bertz CT molecular complexity index is 491. The minimum absolute atomic E-state index is 0.0377. The first-order valence-electron chi connectivity index (χ1n) is 7.38. The molecule has 0 aromatic heterocycles. The van der Waals surface area contributed by atoms with Gasteiger partial charge in [-0.1, -0.05) is 38.4 Å². The Morgan fingerprint density at radius 2 is 1.90 bits per heavy atom. The molecule has 0 saturated carbocycles. The van der Waals surface area contributed by atoms with Crippen LogP contribution in [0.3, 0.4) is 0 Å². The summed E-state index contributed by atoms with van der Waals surface area (Å²) in [6.07, 6.45) is 0. The van der Waals surface area contributed by atoms with E-state index in [2.05, 4.69) is 37.1 Å². The van der Waals surface area contributed by atoms with E-state index in [9.17, 15) is 4.79 Å². The number of halogens is 1. The van der Waals surface area contributed by atoms with E-state index in [1.807, 2.05) is 23.1 Å². The van der Waals surface area contributed by atoms with Crippen LogP contribution in [0.5, 0.6) is 0 Å². The third kappa shape index (κ3) is 4.81. The van der Waals surface area contributed by atoms with E-state index in [0.29, 0.717) is 6.54 Å². The Labute approximate surface area is 132 Å². The lowest BCUT2D eigenvalue weighted by atomic mass is 9.97. The molecule has 1 fully saturated rings. The Kier molecular flexibility index (Phi) is 4.99. The summed E-state index contributed by atoms with van der Waals surface area (Å²) >= 11 is 6.03. The third-order valence-corrected chi connectivity index (χ3v) is 3.75. The summed E-state index contributed by atoms with van der Waals surface area (Å²) in [4.78, 5) is 16.3. The number of hydrogen-bond donors (Lipinski definition) is 1. The maximum Gasteiger partial charge on any atom is 0.317 e. The van der Waals surface area contributed by atoms with Crippen molar-refractivity contribution in [1.82, 2.24) is 10.2 Å². The number of rotatable bonds is 2. The van der Waals surface area contributed by atoms with Crippen molar-refractivity contribution in [2.45, 2.75) is 20.8 Å². The second-order valence-corrected chi connectivity index (χ2v) is 7.11. The van der Waals surface area contributed by atoms with Gasteiger partial charge in [0.1, 0.15) is 0 Å². The summed E-state index contributed by atoms with van der Waals surface area (Å²) in [6, 6.07) is 7.90. The van der Waals surface area contributed by atoms with Gasteiger partial charge < -0.3 is 15.1 Å². The van der Waals surface area contributed by atoms with Crippen molar-refractivity contribution in [3.8, 4) is 0 Å². The van der Waals surface area contributed by atoms with E-state index in [1.54, 1.807) is 0 Å². The number of hydrogen-bond acceptors (Lipinski definition) is 2. The molecule has 116 valence electrons. The number of piperazine rings is 1. The summed E-state index contributed by atoms with van der Waals surface area (Å²) in [5, 5.41) is 3.75. The van der Waals surface area contributed by atoms with E-state index in [4.69, 9.17) is 11.6 Å². The van der Waals surface area contributed by atoms with Crippen molar-refractivity contribution in [2.75, 3.05) is 37.6 Å². The Hall–Kier alpha value is -1.42. The van der Waals surface area contributed by atoms with Gasteiger partial charge in [-0.2, -0.15) is 0 Å². The van der Waals surface area contributed by atoms with E-state index in [1.165, 1.54) is 0 Å². The van der Waals surface area contributed by atoms with Crippen LogP contribution in [0.1, 0.15) is 20.8 Å². The van der Waals surface area contributed by atoms with Gasteiger partial charge in [-0.25, -0.2) is 4.79 Å². The first-order valence-corrected chi connectivity index (χ1v) is 7.76. The smallest absolute Gasteiger partial charge is 0.317 e. The molecule has 1 heterocycles. The largest absolute Gasteiger partial charge is 0.368 e. The second kappa shape index (κ2) is 6.56.